The van der Waals surface area contributed by atoms with Crippen molar-refractivity contribution in [2.75, 3.05) is 0 Å². The monoisotopic (exact) mass is 346 g/mol. The molecule has 0 unspecified atom stereocenters. The van der Waals surface area contributed by atoms with E-state index in [1.165, 1.54) is 20.2 Å². The van der Waals surface area contributed by atoms with E-state index in [0.29, 0.717) is 0 Å². The van der Waals surface area contributed by atoms with Crippen LogP contribution in [0.3, 0.4) is 0 Å². The van der Waals surface area contributed by atoms with Crippen molar-refractivity contribution in [1.82, 2.24) is 9.97 Å². The molecule has 0 amide bonds. The first-order valence-corrected chi connectivity index (χ1v) is 8.83. The Labute approximate surface area is 147 Å². The molecule has 0 aliphatic heterocycles. The highest BCUT2D eigenvalue weighted by atomic mass is 35.5. The molecule has 0 radical (unpaired) electrons. The van der Waals surface area contributed by atoms with Gasteiger partial charge in [0.25, 0.3) is 0 Å². The van der Waals surface area contributed by atoms with E-state index in [0.717, 1.165) is 22.2 Å². The maximum absolute atomic E-state index is 6.18. The predicted octanol–water partition coefficient (Wildman–Crippen LogP) is 6.32. The molecular weight excluding hydrogens is 336 g/mol. The van der Waals surface area contributed by atoms with Gasteiger partial charge in [-0.1, -0.05) is 54.6 Å². The van der Waals surface area contributed by atoms with Gasteiger partial charge in [0.2, 0.25) is 5.28 Å². The lowest BCUT2D eigenvalue weighted by atomic mass is 10.0. The molecule has 0 bridgehead atoms. The van der Waals surface area contributed by atoms with E-state index >= 15 is 0 Å². The van der Waals surface area contributed by atoms with Gasteiger partial charge < -0.3 is 0 Å². The van der Waals surface area contributed by atoms with E-state index in [1.54, 1.807) is 11.3 Å². The van der Waals surface area contributed by atoms with Gasteiger partial charge in [0, 0.05) is 31.1 Å². The van der Waals surface area contributed by atoms with Crippen molar-refractivity contribution >= 4 is 54.0 Å². The number of nitrogens with zero attached hydrogens (tertiary/aromatic N) is 2. The van der Waals surface area contributed by atoms with Gasteiger partial charge in [0.15, 0.2) is 0 Å². The van der Waals surface area contributed by atoms with E-state index in [4.69, 9.17) is 11.6 Å². The fraction of sp³-hybridized carbons (Fsp3) is 0. The Balaban J connectivity index is 2.01. The molecule has 5 rings (SSSR count). The summed E-state index contributed by atoms with van der Waals surface area (Å²) in [6, 6.07) is 22.8. The first-order valence-electron chi connectivity index (χ1n) is 7.64. The van der Waals surface area contributed by atoms with E-state index in [1.807, 2.05) is 24.3 Å². The van der Waals surface area contributed by atoms with Crippen LogP contribution in [-0.4, -0.2) is 9.97 Å². The first kappa shape index (κ1) is 13.9. The van der Waals surface area contributed by atoms with Gasteiger partial charge in [0.05, 0.1) is 11.2 Å². The van der Waals surface area contributed by atoms with E-state index in [9.17, 15) is 0 Å². The second-order valence-electron chi connectivity index (χ2n) is 5.64. The maximum Gasteiger partial charge on any atom is 0.223 e. The van der Waals surface area contributed by atoms with Crippen LogP contribution >= 0.6 is 22.9 Å². The highest BCUT2D eigenvalue weighted by Crippen LogP contribution is 2.41. The fourth-order valence-corrected chi connectivity index (χ4v) is 4.60. The highest BCUT2D eigenvalue weighted by molar-refractivity contribution is 7.26. The average molecular weight is 347 g/mol. The normalized spacial score (nSPS) is 11.5. The molecule has 0 saturated heterocycles. The third-order valence-electron chi connectivity index (χ3n) is 4.23. The molecule has 2 aromatic heterocycles. The van der Waals surface area contributed by atoms with Gasteiger partial charge in [-0.15, -0.1) is 11.3 Å². The molecule has 114 valence electrons. The average Bonchev–Trinajstić information content (AvgIpc) is 3.00. The Bertz CT molecular complexity index is 1210. The van der Waals surface area contributed by atoms with Crippen molar-refractivity contribution in [3.05, 3.63) is 72.0 Å². The predicted molar refractivity (Wildman–Crippen MR) is 103 cm³/mol. The van der Waals surface area contributed by atoms with Crippen LogP contribution in [0.15, 0.2) is 66.7 Å². The molecule has 24 heavy (non-hydrogen) atoms. The van der Waals surface area contributed by atoms with Crippen molar-refractivity contribution in [3.8, 4) is 11.3 Å². The van der Waals surface area contributed by atoms with E-state index < -0.39 is 0 Å². The molecule has 4 heteroatoms. The second kappa shape index (κ2) is 5.26. The molecule has 3 aromatic carbocycles. The third kappa shape index (κ3) is 2.02. The summed E-state index contributed by atoms with van der Waals surface area (Å²) < 4.78 is 2.48. The molecule has 0 aliphatic rings. The van der Waals surface area contributed by atoms with Crippen LogP contribution in [0.25, 0.3) is 42.3 Å². The lowest BCUT2D eigenvalue weighted by molar-refractivity contribution is 1.23. The molecule has 0 fully saturated rings. The summed E-state index contributed by atoms with van der Waals surface area (Å²) in [6.07, 6.45) is 0. The maximum atomic E-state index is 6.18. The van der Waals surface area contributed by atoms with Gasteiger partial charge >= 0.3 is 0 Å². The molecule has 5 aromatic rings. The standard InChI is InChI=1S/C20H11ClN2S/c21-20-22-15-11-10-14-13-8-4-5-9-16(13)24-19(14)17(15)18(23-20)12-6-2-1-3-7-12/h1-11H. The minimum absolute atomic E-state index is 0.279. The Kier molecular flexibility index (Phi) is 3.05. The number of halogens is 1. The zero-order valence-electron chi connectivity index (χ0n) is 12.5. The van der Waals surface area contributed by atoms with Crippen molar-refractivity contribution < 1.29 is 0 Å². The molecule has 0 N–H and O–H groups in total. The summed E-state index contributed by atoms with van der Waals surface area (Å²) in [7, 11) is 0. The quantitative estimate of drug-likeness (QED) is 0.332. The summed E-state index contributed by atoms with van der Waals surface area (Å²) in [5, 5.41) is 3.87. The molecule has 0 atom stereocenters. The van der Waals surface area contributed by atoms with Crippen molar-refractivity contribution in [1.29, 1.82) is 0 Å². The van der Waals surface area contributed by atoms with Crippen LogP contribution < -0.4 is 0 Å². The van der Waals surface area contributed by atoms with E-state index in [2.05, 4.69) is 52.4 Å². The number of fused-ring (bicyclic) bond motifs is 5. The number of benzene rings is 3. The summed E-state index contributed by atoms with van der Waals surface area (Å²) in [5.41, 5.74) is 2.83. The van der Waals surface area contributed by atoms with Crippen molar-refractivity contribution in [2.24, 2.45) is 0 Å². The Morgan fingerprint density at radius 2 is 1.54 bits per heavy atom. The Hall–Kier alpha value is -2.49. The highest BCUT2D eigenvalue weighted by Gasteiger charge is 2.15. The number of hydrogen-bond acceptors (Lipinski definition) is 3. The lowest BCUT2D eigenvalue weighted by Crippen LogP contribution is -1.91. The first-order chi connectivity index (χ1) is 11.8. The largest absolute Gasteiger partial charge is 0.223 e. The van der Waals surface area contributed by atoms with Crippen LogP contribution in [0.2, 0.25) is 5.28 Å². The van der Waals surface area contributed by atoms with E-state index in [-0.39, 0.29) is 5.28 Å². The zero-order chi connectivity index (χ0) is 16.1. The molecule has 2 heterocycles. The number of hydrogen-bond donors (Lipinski definition) is 0. The molecule has 0 spiro atoms. The lowest BCUT2D eigenvalue weighted by Gasteiger charge is -2.07. The number of aromatic nitrogens is 2. The summed E-state index contributed by atoms with van der Waals surface area (Å²) in [5.74, 6) is 0. The summed E-state index contributed by atoms with van der Waals surface area (Å²) in [4.78, 5) is 9.00. The Morgan fingerprint density at radius 1 is 0.750 bits per heavy atom. The van der Waals surface area contributed by atoms with Crippen LogP contribution in [0.4, 0.5) is 0 Å². The molecule has 0 saturated carbocycles. The minimum Gasteiger partial charge on any atom is -0.218 e. The van der Waals surface area contributed by atoms with Crippen LogP contribution in [0.5, 0.6) is 0 Å². The molecule has 2 nitrogen and oxygen atoms in total. The van der Waals surface area contributed by atoms with Crippen LogP contribution in [-0.2, 0) is 0 Å². The fourth-order valence-electron chi connectivity index (χ4n) is 3.18. The minimum atomic E-state index is 0.279. The molecule has 0 aliphatic carbocycles. The van der Waals surface area contributed by atoms with Gasteiger partial charge in [-0.3, -0.25) is 0 Å². The van der Waals surface area contributed by atoms with Gasteiger partial charge in [-0.2, -0.15) is 0 Å². The SMILES string of the molecule is Clc1nc(-c2ccccc2)c2c(ccc3c4ccccc4sc32)n1. The zero-order valence-corrected chi connectivity index (χ0v) is 14.1. The second-order valence-corrected chi connectivity index (χ2v) is 7.03. The molecular formula is C20H11ClN2S. The summed E-state index contributed by atoms with van der Waals surface area (Å²) >= 11 is 7.97. The number of rotatable bonds is 1. The smallest absolute Gasteiger partial charge is 0.218 e. The van der Waals surface area contributed by atoms with Crippen molar-refractivity contribution in [3.63, 3.8) is 0 Å². The Morgan fingerprint density at radius 3 is 2.42 bits per heavy atom. The van der Waals surface area contributed by atoms with Gasteiger partial charge in [-0.25, -0.2) is 9.97 Å². The topological polar surface area (TPSA) is 25.8 Å². The number of thiophene rings is 1. The third-order valence-corrected chi connectivity index (χ3v) is 5.60. The van der Waals surface area contributed by atoms with Crippen LogP contribution in [0.1, 0.15) is 0 Å². The van der Waals surface area contributed by atoms with Gasteiger partial charge in [0.1, 0.15) is 0 Å². The van der Waals surface area contributed by atoms with Gasteiger partial charge in [-0.05, 0) is 23.7 Å². The van der Waals surface area contributed by atoms with Crippen LogP contribution in [0, 0.1) is 0 Å². The summed E-state index contributed by atoms with van der Waals surface area (Å²) in [6.45, 7) is 0. The van der Waals surface area contributed by atoms with Crippen molar-refractivity contribution in [2.45, 2.75) is 0 Å².